The molecule has 0 fully saturated rings. The van der Waals surface area contributed by atoms with Crippen LogP contribution in [0.2, 0.25) is 0 Å². The topological polar surface area (TPSA) is 64.5 Å². The van der Waals surface area contributed by atoms with Gasteiger partial charge in [-0.25, -0.2) is 19.9 Å². The molecular weight excluding hydrogens is 1100 g/mol. The molecule has 0 aliphatic carbocycles. The highest BCUT2D eigenvalue weighted by molar-refractivity contribution is 6.99. The molecule has 14 aromatic rings. The molecule has 89 heavy (non-hydrogen) atoms. The molecule has 0 atom stereocenters. The van der Waals surface area contributed by atoms with Crippen molar-refractivity contribution in [2.45, 2.75) is 0 Å². The highest BCUT2D eigenvalue weighted by Crippen LogP contribution is 2.64. The number of hydrogen-bond acceptors (Lipinski definition) is 8. The van der Waals surface area contributed by atoms with Crippen molar-refractivity contribution in [3.63, 3.8) is 0 Å². The molecule has 9 heteroatoms. The fraction of sp³-hybridized carbons (Fsp3) is 0. The van der Waals surface area contributed by atoms with Crippen molar-refractivity contribution in [3.05, 3.63) is 340 Å². The fourth-order valence-corrected chi connectivity index (χ4v) is 17.9. The average Bonchev–Trinajstić information content (AvgIpc) is 1.50. The van der Waals surface area contributed by atoms with Gasteiger partial charge in [-0.15, -0.1) is 0 Å². The maximum atomic E-state index is 5.92. The van der Waals surface area contributed by atoms with Crippen LogP contribution in [0.3, 0.4) is 0 Å². The Morgan fingerprint density at radius 1 is 0.180 bits per heavy atom. The zero-order chi connectivity index (χ0) is 59.1. The molecule has 0 N–H and O–H groups in total. The van der Waals surface area contributed by atoms with E-state index in [4.69, 9.17) is 19.9 Å². The van der Waals surface area contributed by atoms with Gasteiger partial charge in [0.25, 0.3) is 0 Å². The van der Waals surface area contributed by atoms with Crippen LogP contribution in [-0.2, 0) is 0 Å². The van der Waals surface area contributed by atoms with Crippen LogP contribution < -0.4 is 18.3 Å². The molecular formula is C80H56N8Si. The van der Waals surface area contributed by atoms with Gasteiger partial charge in [-0.3, -0.25) is 18.3 Å². The van der Waals surface area contributed by atoms with Crippen LogP contribution in [0.25, 0.3) is 89.5 Å². The van der Waals surface area contributed by atoms with Crippen LogP contribution >= 0.6 is 0 Å². The molecule has 4 aromatic heterocycles. The zero-order valence-electron chi connectivity index (χ0n) is 48.4. The number of nitrogens with zero attached hydrogens (tertiary/aromatic N) is 8. The maximum Gasteiger partial charge on any atom is 0.526 e. The van der Waals surface area contributed by atoms with Crippen LogP contribution in [0, 0.1) is 0 Å². The largest absolute Gasteiger partial charge is 0.526 e. The standard InChI is InChI=1S/C80H56N8Si/c1-9-29-57(30-10-1)65-53-73-74(54-66(65)58-31-11-2-12-32-58)86(78-50-26-46-70(82-78)62-39-19-6-20-40-62)89(85(73)77-49-25-45-69(81-77)61-37-17-5-18-38-61)87(79-51-27-47-71(83-79)63-41-21-7-22-42-63)75-55-67(59-33-13-3-14-34-59)68(60-35-15-4-16-36-60)56-76(75)88(89)80-52-28-48-72(84-80)64-43-23-8-24-44-64/h1-56H. The van der Waals surface area contributed by atoms with E-state index >= 15 is 0 Å². The molecule has 0 radical (unpaired) electrons. The first-order chi connectivity index (χ1) is 44.2. The van der Waals surface area contributed by atoms with Gasteiger partial charge >= 0.3 is 8.72 Å². The highest BCUT2D eigenvalue weighted by Gasteiger charge is 2.71. The van der Waals surface area contributed by atoms with Gasteiger partial charge in [-0.05, 0) is 117 Å². The van der Waals surface area contributed by atoms with Gasteiger partial charge in [0.1, 0.15) is 23.3 Å². The second-order valence-corrected chi connectivity index (χ2v) is 25.2. The van der Waals surface area contributed by atoms with E-state index in [0.29, 0.717) is 0 Å². The SMILES string of the molecule is c1ccc(-c2cccc(N3c4cc(-c5ccccc5)c(-c5ccccc5)cc4N(c4cccc(-c5ccccc5)n4)[Si]34N(c3cccc(-c5ccccc5)n3)c3cc(-c5ccccc5)c(-c5ccccc5)cc3N4c3cccc(-c4ccccc4)n3)n2)cc1. The summed E-state index contributed by atoms with van der Waals surface area (Å²) in [7, 11) is -4.47. The molecule has 1 spiro atoms. The molecule has 2 aliphatic rings. The third-order valence-corrected chi connectivity index (χ3v) is 21.1. The quantitative estimate of drug-likeness (QED) is 0.112. The summed E-state index contributed by atoms with van der Waals surface area (Å²) in [6.45, 7) is 0. The Labute approximate surface area is 519 Å². The van der Waals surface area contributed by atoms with Crippen molar-refractivity contribution in [1.29, 1.82) is 0 Å². The number of hydrogen-bond donors (Lipinski definition) is 0. The first-order valence-corrected chi connectivity index (χ1v) is 31.8. The van der Waals surface area contributed by atoms with Gasteiger partial charge in [0.2, 0.25) is 0 Å². The van der Waals surface area contributed by atoms with Crippen LogP contribution in [0.4, 0.5) is 46.0 Å². The monoisotopic (exact) mass is 1160 g/mol. The molecule has 420 valence electrons. The summed E-state index contributed by atoms with van der Waals surface area (Å²) in [5.74, 6) is 2.95. The van der Waals surface area contributed by atoms with E-state index in [1.54, 1.807) is 0 Å². The van der Waals surface area contributed by atoms with Gasteiger partial charge in [0.15, 0.2) is 0 Å². The van der Waals surface area contributed by atoms with Gasteiger partial charge in [-0.2, -0.15) is 0 Å². The molecule has 8 nitrogen and oxygen atoms in total. The molecule has 0 unspecified atom stereocenters. The number of fused-ring (bicyclic) bond motifs is 2. The Bertz CT molecular complexity index is 4230. The minimum absolute atomic E-state index is 0.736. The molecule has 2 aliphatic heterocycles. The van der Waals surface area contributed by atoms with Crippen LogP contribution in [-0.4, -0.2) is 28.7 Å². The molecule has 0 saturated heterocycles. The van der Waals surface area contributed by atoms with Crippen molar-refractivity contribution in [2.24, 2.45) is 0 Å². The smallest absolute Gasteiger partial charge is 0.298 e. The maximum absolute atomic E-state index is 5.92. The Hall–Kier alpha value is -11.8. The lowest BCUT2D eigenvalue weighted by Crippen LogP contribution is -2.76. The first kappa shape index (κ1) is 52.7. The highest BCUT2D eigenvalue weighted by atomic mass is 28.4. The molecule has 0 bridgehead atoms. The lowest BCUT2D eigenvalue weighted by Gasteiger charge is -2.48. The Morgan fingerprint density at radius 2 is 0.360 bits per heavy atom. The van der Waals surface area contributed by atoms with Gasteiger partial charge in [0, 0.05) is 22.3 Å². The second kappa shape index (κ2) is 22.6. The third-order valence-electron chi connectivity index (χ3n) is 16.9. The van der Waals surface area contributed by atoms with Crippen LogP contribution in [0.1, 0.15) is 0 Å². The lowest BCUT2D eigenvalue weighted by atomic mass is 9.93. The van der Waals surface area contributed by atoms with E-state index in [1.165, 1.54) is 0 Å². The minimum atomic E-state index is -4.47. The predicted molar refractivity (Wildman–Crippen MR) is 368 cm³/mol. The summed E-state index contributed by atoms with van der Waals surface area (Å²) in [6.07, 6.45) is 0. The average molecular weight is 1160 g/mol. The Morgan fingerprint density at radius 3 is 0.551 bits per heavy atom. The van der Waals surface area contributed by atoms with Crippen LogP contribution in [0.5, 0.6) is 0 Å². The Balaban J connectivity index is 1.12. The molecule has 16 rings (SSSR count). The second-order valence-electron chi connectivity index (χ2n) is 22.2. The van der Waals surface area contributed by atoms with Crippen LogP contribution in [0.15, 0.2) is 340 Å². The number of rotatable bonds is 12. The van der Waals surface area contributed by atoms with E-state index in [9.17, 15) is 0 Å². The van der Waals surface area contributed by atoms with Crippen molar-refractivity contribution in [2.75, 3.05) is 18.3 Å². The summed E-state index contributed by atoms with van der Waals surface area (Å²) in [6, 6.07) is 121. The normalized spacial score (nSPS) is 12.9. The van der Waals surface area contributed by atoms with Crippen molar-refractivity contribution < 1.29 is 0 Å². The number of pyridine rings is 4. The van der Waals surface area contributed by atoms with Crippen molar-refractivity contribution >= 4 is 54.7 Å². The summed E-state index contributed by atoms with van der Waals surface area (Å²) in [4.78, 5) is 23.7. The van der Waals surface area contributed by atoms with E-state index < -0.39 is 8.72 Å². The predicted octanol–water partition coefficient (Wildman–Crippen LogP) is 20.3. The molecule has 10 aromatic carbocycles. The van der Waals surface area contributed by atoms with Gasteiger partial charge in [0.05, 0.1) is 45.5 Å². The molecule has 0 saturated carbocycles. The summed E-state index contributed by atoms with van der Waals surface area (Å²) >= 11 is 0. The number of benzene rings is 10. The molecule has 6 heterocycles. The fourth-order valence-electron chi connectivity index (χ4n) is 12.9. The summed E-state index contributed by atoms with van der Waals surface area (Å²) in [5.41, 5.74) is 19.7. The number of anilines is 8. The lowest BCUT2D eigenvalue weighted by molar-refractivity contribution is 1.09. The first-order valence-electron chi connectivity index (χ1n) is 30.0. The third kappa shape index (κ3) is 9.32. The van der Waals surface area contributed by atoms with Crippen molar-refractivity contribution in [1.82, 2.24) is 19.9 Å². The van der Waals surface area contributed by atoms with Gasteiger partial charge in [-0.1, -0.05) is 267 Å². The zero-order valence-corrected chi connectivity index (χ0v) is 49.4. The molecule has 0 amide bonds. The minimum Gasteiger partial charge on any atom is -0.298 e. The van der Waals surface area contributed by atoms with E-state index in [2.05, 4.69) is 358 Å². The number of aromatic nitrogens is 4. The summed E-state index contributed by atoms with van der Waals surface area (Å²) in [5, 5.41) is 0. The van der Waals surface area contributed by atoms with E-state index in [-0.39, 0.29) is 0 Å². The van der Waals surface area contributed by atoms with Gasteiger partial charge < -0.3 is 0 Å². The van der Waals surface area contributed by atoms with E-state index in [0.717, 1.165) is 136 Å². The van der Waals surface area contributed by atoms with Crippen molar-refractivity contribution in [3.8, 4) is 89.5 Å². The van der Waals surface area contributed by atoms with E-state index in [1.807, 2.05) is 0 Å². The summed E-state index contributed by atoms with van der Waals surface area (Å²) < 4.78 is 10.3. The Kier molecular flexibility index (Phi) is 13.4.